The topological polar surface area (TPSA) is 59.8 Å². The van der Waals surface area contributed by atoms with E-state index in [4.69, 9.17) is 11.6 Å². The molecule has 0 fully saturated rings. The number of thiophene rings is 1. The number of carbonyl (C=O) groups excluding carboxylic acids is 1. The fourth-order valence-corrected chi connectivity index (χ4v) is 3.71. The van der Waals surface area contributed by atoms with Crippen LogP contribution in [0.15, 0.2) is 23.7 Å². The molecule has 1 amide bonds. The SMILES string of the molecule is Cc1cnn(C)c1C(=O)Nc1nc(-c2ccc(Cl)s2)cs1. The number of hydrogen-bond acceptors (Lipinski definition) is 5. The molecule has 108 valence electrons. The van der Waals surface area contributed by atoms with Gasteiger partial charge in [0.2, 0.25) is 0 Å². The van der Waals surface area contributed by atoms with Crippen LogP contribution in [0.2, 0.25) is 4.34 Å². The summed E-state index contributed by atoms with van der Waals surface area (Å²) in [5.41, 5.74) is 2.18. The number of amides is 1. The van der Waals surface area contributed by atoms with Crippen molar-refractivity contribution < 1.29 is 4.79 Å². The summed E-state index contributed by atoms with van der Waals surface area (Å²) in [4.78, 5) is 17.6. The number of carbonyl (C=O) groups is 1. The van der Waals surface area contributed by atoms with Crippen LogP contribution < -0.4 is 5.32 Å². The lowest BCUT2D eigenvalue weighted by Gasteiger charge is -2.03. The number of hydrogen-bond donors (Lipinski definition) is 1. The third-order valence-electron chi connectivity index (χ3n) is 2.89. The van der Waals surface area contributed by atoms with Crippen molar-refractivity contribution in [3.05, 3.63) is 39.3 Å². The molecule has 8 heteroatoms. The van der Waals surface area contributed by atoms with Crippen molar-refractivity contribution in [3.8, 4) is 10.6 Å². The number of nitrogens with one attached hydrogen (secondary N) is 1. The fourth-order valence-electron chi connectivity index (χ4n) is 1.93. The van der Waals surface area contributed by atoms with E-state index in [-0.39, 0.29) is 5.91 Å². The molecule has 0 unspecified atom stereocenters. The average Bonchev–Trinajstić information content (AvgIpc) is 3.11. The van der Waals surface area contributed by atoms with Gasteiger partial charge in [0.1, 0.15) is 5.69 Å². The maximum atomic E-state index is 12.2. The Morgan fingerprint density at radius 3 is 2.86 bits per heavy atom. The molecular formula is C13H11ClN4OS2. The van der Waals surface area contributed by atoms with Crippen LogP contribution in [-0.4, -0.2) is 20.7 Å². The zero-order valence-corrected chi connectivity index (χ0v) is 13.6. The van der Waals surface area contributed by atoms with Crippen LogP contribution in [0, 0.1) is 6.92 Å². The smallest absolute Gasteiger partial charge is 0.275 e. The Hall–Kier alpha value is -1.70. The number of anilines is 1. The molecule has 3 aromatic rings. The van der Waals surface area contributed by atoms with Crippen molar-refractivity contribution in [1.82, 2.24) is 14.8 Å². The number of rotatable bonds is 3. The molecule has 0 bridgehead atoms. The van der Waals surface area contributed by atoms with Crippen molar-refractivity contribution >= 4 is 45.3 Å². The molecule has 0 aliphatic carbocycles. The molecule has 1 N–H and O–H groups in total. The van der Waals surface area contributed by atoms with Gasteiger partial charge in [0.05, 0.1) is 21.1 Å². The van der Waals surface area contributed by atoms with E-state index in [9.17, 15) is 4.79 Å². The van der Waals surface area contributed by atoms with Gasteiger partial charge in [-0.25, -0.2) is 4.98 Å². The summed E-state index contributed by atoms with van der Waals surface area (Å²) in [5.74, 6) is -0.211. The number of halogens is 1. The average molecular weight is 339 g/mol. The first-order valence-corrected chi connectivity index (χ1v) is 8.13. The van der Waals surface area contributed by atoms with Crippen LogP contribution >= 0.6 is 34.3 Å². The van der Waals surface area contributed by atoms with Crippen LogP contribution in [0.5, 0.6) is 0 Å². The molecule has 3 aromatic heterocycles. The summed E-state index contributed by atoms with van der Waals surface area (Å²) < 4.78 is 2.27. The van der Waals surface area contributed by atoms with Gasteiger partial charge in [0.15, 0.2) is 5.13 Å². The second-order valence-corrected chi connectivity index (χ2v) is 6.97. The number of thiazole rings is 1. The summed E-state index contributed by atoms with van der Waals surface area (Å²) in [5, 5.41) is 9.31. The van der Waals surface area contributed by atoms with Crippen LogP contribution in [0.1, 0.15) is 16.1 Å². The van der Waals surface area contributed by atoms with Gasteiger partial charge in [-0.3, -0.25) is 14.8 Å². The maximum Gasteiger partial charge on any atom is 0.275 e. The highest BCUT2D eigenvalue weighted by Gasteiger charge is 2.16. The lowest BCUT2D eigenvalue weighted by atomic mass is 10.2. The van der Waals surface area contributed by atoms with Crippen molar-refractivity contribution in [3.63, 3.8) is 0 Å². The van der Waals surface area contributed by atoms with Crippen molar-refractivity contribution in [1.29, 1.82) is 0 Å². The van der Waals surface area contributed by atoms with E-state index in [0.29, 0.717) is 15.2 Å². The van der Waals surface area contributed by atoms with Gasteiger partial charge in [-0.05, 0) is 24.6 Å². The number of aryl methyl sites for hydroxylation is 2. The van der Waals surface area contributed by atoms with Crippen LogP contribution in [-0.2, 0) is 7.05 Å². The Morgan fingerprint density at radius 2 is 2.24 bits per heavy atom. The largest absolute Gasteiger partial charge is 0.296 e. The molecular weight excluding hydrogens is 328 g/mol. The monoisotopic (exact) mass is 338 g/mol. The lowest BCUT2D eigenvalue weighted by molar-refractivity contribution is 0.101. The Morgan fingerprint density at radius 1 is 1.43 bits per heavy atom. The van der Waals surface area contributed by atoms with E-state index in [1.807, 2.05) is 24.4 Å². The first-order chi connectivity index (χ1) is 10.0. The second-order valence-electron chi connectivity index (χ2n) is 4.40. The van der Waals surface area contributed by atoms with E-state index in [0.717, 1.165) is 16.1 Å². The van der Waals surface area contributed by atoms with E-state index < -0.39 is 0 Å². The van der Waals surface area contributed by atoms with Crippen LogP contribution in [0.4, 0.5) is 5.13 Å². The summed E-state index contributed by atoms with van der Waals surface area (Å²) in [7, 11) is 1.74. The van der Waals surface area contributed by atoms with Gasteiger partial charge < -0.3 is 0 Å². The summed E-state index contributed by atoms with van der Waals surface area (Å²) in [6.07, 6.45) is 1.66. The summed E-state index contributed by atoms with van der Waals surface area (Å²) >= 11 is 8.76. The van der Waals surface area contributed by atoms with Crippen LogP contribution in [0.3, 0.4) is 0 Å². The highest BCUT2D eigenvalue weighted by Crippen LogP contribution is 2.32. The molecule has 5 nitrogen and oxygen atoms in total. The van der Waals surface area contributed by atoms with Gasteiger partial charge in [0, 0.05) is 12.4 Å². The Balaban J connectivity index is 1.80. The molecule has 0 atom stereocenters. The predicted octanol–water partition coefficient (Wildman–Crippen LogP) is 3.82. The minimum atomic E-state index is -0.211. The fraction of sp³-hybridized carbons (Fsp3) is 0.154. The summed E-state index contributed by atoms with van der Waals surface area (Å²) in [6.45, 7) is 1.85. The predicted molar refractivity (Wildman–Crippen MR) is 86.3 cm³/mol. The Bertz CT molecular complexity index is 785. The van der Waals surface area contributed by atoms with Crippen molar-refractivity contribution in [2.24, 2.45) is 7.05 Å². The minimum absolute atomic E-state index is 0.211. The highest BCUT2D eigenvalue weighted by molar-refractivity contribution is 7.20. The zero-order chi connectivity index (χ0) is 15.0. The Kier molecular flexibility index (Phi) is 3.79. The lowest BCUT2D eigenvalue weighted by Crippen LogP contribution is -2.17. The van der Waals surface area contributed by atoms with Gasteiger partial charge >= 0.3 is 0 Å². The normalized spacial score (nSPS) is 10.8. The van der Waals surface area contributed by atoms with E-state index in [1.165, 1.54) is 22.7 Å². The maximum absolute atomic E-state index is 12.2. The number of aromatic nitrogens is 3. The molecule has 0 aliphatic heterocycles. The molecule has 0 aromatic carbocycles. The molecule has 3 rings (SSSR count). The highest BCUT2D eigenvalue weighted by atomic mass is 35.5. The molecule has 0 saturated carbocycles. The third-order valence-corrected chi connectivity index (χ3v) is 4.90. The van der Waals surface area contributed by atoms with Gasteiger partial charge in [0.25, 0.3) is 5.91 Å². The van der Waals surface area contributed by atoms with Crippen molar-refractivity contribution in [2.75, 3.05) is 5.32 Å². The minimum Gasteiger partial charge on any atom is -0.296 e. The van der Waals surface area contributed by atoms with Crippen molar-refractivity contribution in [2.45, 2.75) is 6.92 Å². The molecule has 3 heterocycles. The van der Waals surface area contributed by atoms with Gasteiger partial charge in [-0.2, -0.15) is 5.10 Å². The quantitative estimate of drug-likeness (QED) is 0.789. The molecule has 0 spiro atoms. The Labute approximate surface area is 134 Å². The molecule has 21 heavy (non-hydrogen) atoms. The van der Waals surface area contributed by atoms with Crippen LogP contribution in [0.25, 0.3) is 10.6 Å². The van der Waals surface area contributed by atoms with E-state index in [1.54, 1.807) is 17.9 Å². The first-order valence-electron chi connectivity index (χ1n) is 6.06. The summed E-state index contributed by atoms with van der Waals surface area (Å²) in [6, 6.07) is 3.75. The third kappa shape index (κ3) is 2.85. The molecule has 0 saturated heterocycles. The number of nitrogens with zero attached hydrogens (tertiary/aromatic N) is 3. The van der Waals surface area contributed by atoms with E-state index >= 15 is 0 Å². The molecule has 0 aliphatic rings. The molecule has 0 radical (unpaired) electrons. The zero-order valence-electron chi connectivity index (χ0n) is 11.3. The first kappa shape index (κ1) is 14.2. The standard InChI is InChI=1S/C13H11ClN4OS2/c1-7-5-15-18(2)11(7)12(19)17-13-16-8(6-20-13)9-3-4-10(14)21-9/h3-6H,1-2H3,(H,16,17,19). The van der Waals surface area contributed by atoms with Gasteiger partial charge in [-0.1, -0.05) is 11.6 Å². The van der Waals surface area contributed by atoms with Gasteiger partial charge in [-0.15, -0.1) is 22.7 Å². The van der Waals surface area contributed by atoms with E-state index in [2.05, 4.69) is 15.4 Å². The second kappa shape index (κ2) is 5.59.